The topological polar surface area (TPSA) is 609 Å². The van der Waals surface area contributed by atoms with Crippen LogP contribution in [0.25, 0.3) is 10.9 Å². The maximum Gasteiger partial charge on any atom is 0.326 e. The number of carbonyl (C=O) groups excluding carboxylic acids is 13. The van der Waals surface area contributed by atoms with Gasteiger partial charge in [-0.3, -0.25) is 72.3 Å². The van der Waals surface area contributed by atoms with Crippen LogP contribution in [-0.4, -0.2) is 237 Å². The van der Waals surface area contributed by atoms with Crippen LogP contribution in [0.5, 0.6) is 0 Å². The molecule has 2 saturated heterocycles. The van der Waals surface area contributed by atoms with Gasteiger partial charge in [0.2, 0.25) is 76.8 Å². The average Bonchev–Trinajstić information content (AvgIpc) is 1.74. The molecule has 2 aliphatic heterocycles. The first-order valence-electron chi connectivity index (χ1n) is 38.0. The first-order valence-corrected chi connectivity index (χ1v) is 39.2. The molecule has 3 heterocycles. The smallest absolute Gasteiger partial charge is 0.326 e. The first kappa shape index (κ1) is 93.9. The van der Waals surface area contributed by atoms with Crippen molar-refractivity contribution in [1.29, 1.82) is 0 Å². The summed E-state index contributed by atoms with van der Waals surface area (Å²) in [7, 11) is 0. The van der Waals surface area contributed by atoms with Gasteiger partial charge < -0.3 is 113 Å². The predicted octanol–water partition coefficient (Wildman–Crippen LogP) is -3.28. The summed E-state index contributed by atoms with van der Waals surface area (Å²) in [5, 5.41) is 37.2. The SMILES string of the molecule is CC[C@H](C)[C@H](NC(=O)[C@H](CCCN=C(N)N)NC(=O)[C@@H](N)Cc1c[nH]c2ccccc12)C(=O)N1CCC[C@H]1C(=O)N[C@@H](CS)C(=O)N[C@@H](CS)C(=O)N1CCC[C@H]1C(=O)N[C@H](C(=O)N[C@@H](CC(N)=O)C(=O)N[C@@H](CC(C)C)C(=O)N[C@@H](CCCCN)C(=O)N[C@@H](CCCN=C(N)N)C(=O)N[C@@H](CC(C)C)C(=O)O)C(C)C. The molecule has 2 fully saturated rings. The lowest BCUT2D eigenvalue weighted by Crippen LogP contribution is -2.62. The molecule has 2 aliphatic rings. The second-order valence-corrected chi connectivity index (χ2v) is 30.2. The Bertz CT molecular complexity index is 3570. The Morgan fingerprint density at radius 2 is 0.982 bits per heavy atom. The number of guanidine groups is 2. The number of carboxylic acids is 1. The Morgan fingerprint density at radius 1 is 0.532 bits per heavy atom. The number of likely N-dealkylation sites (tertiary alicyclic amines) is 2. The van der Waals surface area contributed by atoms with Crippen LogP contribution in [0.1, 0.15) is 157 Å². The molecule has 111 heavy (non-hydrogen) atoms. The Hall–Kier alpha value is -9.50. The molecule has 13 amide bonds. The lowest BCUT2D eigenvalue weighted by Gasteiger charge is -2.33. The normalized spacial score (nSPS) is 17.4. The highest BCUT2D eigenvalue weighted by Gasteiger charge is 2.44. The van der Waals surface area contributed by atoms with Gasteiger partial charge in [-0.1, -0.05) is 80.0 Å². The molecule has 26 N–H and O–H groups in total. The second kappa shape index (κ2) is 47.0. The summed E-state index contributed by atoms with van der Waals surface area (Å²) in [5.74, 6) is -14.5. The fourth-order valence-electron chi connectivity index (χ4n) is 13.0. The van der Waals surface area contributed by atoms with Crippen LogP contribution in [-0.2, 0) is 73.5 Å². The molecular weight excluding hydrogens is 1480 g/mol. The Balaban J connectivity index is 1.46. The van der Waals surface area contributed by atoms with Crippen molar-refractivity contribution in [3.05, 3.63) is 36.0 Å². The van der Waals surface area contributed by atoms with E-state index in [4.69, 9.17) is 40.1 Å². The molecule has 2 aromatic rings. The van der Waals surface area contributed by atoms with Crippen LogP contribution in [0.3, 0.4) is 0 Å². The number of hydrogen-bond acceptors (Lipinski definition) is 20. The van der Waals surface area contributed by atoms with E-state index in [9.17, 15) is 72.2 Å². The number of aromatic nitrogens is 1. The summed E-state index contributed by atoms with van der Waals surface area (Å²) in [6.07, 6.45) is 3.67. The van der Waals surface area contributed by atoms with Crippen molar-refractivity contribution in [2.75, 3.05) is 44.2 Å². The monoisotopic (exact) mass is 1600 g/mol. The molecule has 0 unspecified atom stereocenters. The number of aromatic amines is 1. The molecule has 37 nitrogen and oxygen atoms in total. The number of hydrogen-bond donors (Lipinski definition) is 21. The minimum atomic E-state index is -1.74. The van der Waals surface area contributed by atoms with Gasteiger partial charge in [-0.2, -0.15) is 25.3 Å². The number of fused-ring (bicyclic) bond motifs is 1. The molecule has 4 rings (SSSR count). The third-order valence-corrected chi connectivity index (χ3v) is 19.9. The maximum atomic E-state index is 14.7. The quantitative estimate of drug-likeness (QED) is 0.0134. The van der Waals surface area contributed by atoms with Gasteiger partial charge in [0.1, 0.15) is 72.5 Å². The predicted molar refractivity (Wildman–Crippen MR) is 424 cm³/mol. The number of aliphatic carboxylic acids is 1. The van der Waals surface area contributed by atoms with Gasteiger partial charge in [-0.25, -0.2) is 4.79 Å². The van der Waals surface area contributed by atoms with Gasteiger partial charge in [-0.05, 0) is 132 Å². The molecule has 0 aliphatic carbocycles. The fourth-order valence-corrected chi connectivity index (χ4v) is 13.5. The highest BCUT2D eigenvalue weighted by molar-refractivity contribution is 7.80. The molecule has 0 saturated carbocycles. The van der Waals surface area contributed by atoms with Crippen molar-refractivity contribution in [3.8, 4) is 0 Å². The van der Waals surface area contributed by atoms with Crippen molar-refractivity contribution < 1.29 is 72.2 Å². The standard InChI is InChI=1S/C72H120N22O15S2/c1-9-40(8)57(92-61(99)47(22-15-27-81-72(78)79)83-58(96)43(74)32-41-34-82-44-19-11-10-18-42(41)44)69(107)94-29-17-23-53(94)65(103)89-51(35-110)64(102)90-52(36-111)68(106)93-28-16-24-54(93)66(104)91-56(39(6)7)67(105)87-49(33-55(75)95)63(101)86-48(30-37(2)3)62(100)85-45(20-12-13-25-73)59(97)84-46(21-14-26-80-71(76)77)60(98)88-50(70(108)109)31-38(4)5/h10-11,18-19,34,37-40,43,45-54,56-57,82,110-111H,9,12-17,20-33,35-36,73-74H2,1-8H3,(H2,75,95)(H,83,96)(H,84,97)(H,85,100)(H,86,101)(H,87,105)(H,88,98)(H,89,103)(H,90,102)(H,91,104)(H,92,99)(H,108,109)(H4,76,77,80)(H4,78,79,81)/t40-,43-,45-,46-,47-,48-,49-,50-,51-,52-,53-,54-,56-,57-/m0/s1. The maximum absolute atomic E-state index is 14.7. The number of para-hydroxylation sites is 1. The van der Waals surface area contributed by atoms with Crippen LogP contribution in [0.4, 0.5) is 0 Å². The minimum absolute atomic E-state index is 0.00328. The molecule has 14 atom stereocenters. The average molecular weight is 1600 g/mol. The number of nitrogens with one attached hydrogen (secondary N) is 11. The van der Waals surface area contributed by atoms with Gasteiger partial charge in [0.25, 0.3) is 0 Å². The van der Waals surface area contributed by atoms with Gasteiger partial charge in [-0.15, -0.1) is 0 Å². The number of primary amides is 1. The highest BCUT2D eigenvalue weighted by Crippen LogP contribution is 2.25. The van der Waals surface area contributed by atoms with E-state index in [0.29, 0.717) is 32.1 Å². The van der Waals surface area contributed by atoms with E-state index < -0.39 is 180 Å². The van der Waals surface area contributed by atoms with Crippen molar-refractivity contribution in [2.45, 2.75) is 237 Å². The molecule has 1 aromatic carbocycles. The fraction of sp³-hybridized carbons (Fsp3) is 0.667. The van der Waals surface area contributed by atoms with Gasteiger partial charge >= 0.3 is 5.97 Å². The molecule has 0 radical (unpaired) electrons. The van der Waals surface area contributed by atoms with Crippen molar-refractivity contribution in [3.63, 3.8) is 0 Å². The van der Waals surface area contributed by atoms with Gasteiger partial charge in [0.15, 0.2) is 11.9 Å². The number of aliphatic imine (C=N–C) groups is 2. The number of amides is 13. The van der Waals surface area contributed by atoms with Gasteiger partial charge in [0, 0.05) is 54.8 Å². The zero-order valence-electron chi connectivity index (χ0n) is 64.9. The van der Waals surface area contributed by atoms with Crippen LogP contribution < -0.4 is 93.3 Å². The summed E-state index contributed by atoms with van der Waals surface area (Å²) in [6.45, 7) is 14.3. The number of rotatable bonds is 48. The third kappa shape index (κ3) is 30.3. The van der Waals surface area contributed by atoms with Gasteiger partial charge in [0.05, 0.1) is 12.5 Å². The largest absolute Gasteiger partial charge is 0.480 e. The van der Waals surface area contributed by atoms with Crippen molar-refractivity contribution >= 4 is 131 Å². The van der Waals surface area contributed by atoms with Crippen LogP contribution >= 0.6 is 25.3 Å². The number of carbonyl (C=O) groups is 14. The van der Waals surface area contributed by atoms with E-state index in [1.807, 2.05) is 31.2 Å². The third-order valence-electron chi connectivity index (χ3n) is 19.2. The summed E-state index contributed by atoms with van der Waals surface area (Å²) >= 11 is 8.74. The molecule has 620 valence electrons. The number of nitrogens with two attached hydrogens (primary N) is 7. The summed E-state index contributed by atoms with van der Waals surface area (Å²) in [4.78, 5) is 209. The first-order chi connectivity index (χ1) is 52.5. The van der Waals surface area contributed by atoms with E-state index in [-0.39, 0.29) is 132 Å². The number of thiol groups is 2. The van der Waals surface area contributed by atoms with E-state index in [1.54, 1.807) is 54.7 Å². The van der Waals surface area contributed by atoms with E-state index in [2.05, 4.69) is 93.4 Å². The molecule has 0 spiro atoms. The summed E-state index contributed by atoms with van der Waals surface area (Å²) < 4.78 is 0. The second-order valence-electron chi connectivity index (χ2n) is 29.5. The zero-order chi connectivity index (χ0) is 82.9. The zero-order valence-corrected chi connectivity index (χ0v) is 66.6. The Labute approximate surface area is 658 Å². The molecule has 39 heteroatoms. The van der Waals surface area contributed by atoms with Crippen LogP contribution in [0.15, 0.2) is 40.4 Å². The lowest BCUT2D eigenvalue weighted by atomic mass is 9.96. The van der Waals surface area contributed by atoms with Crippen molar-refractivity contribution in [2.24, 2.45) is 73.8 Å². The summed E-state index contributed by atoms with van der Waals surface area (Å²) in [5.41, 5.74) is 41.5. The molecule has 0 bridgehead atoms. The highest BCUT2D eigenvalue weighted by atomic mass is 32.1. The Kier molecular flexibility index (Phi) is 39.7. The molecule has 1 aromatic heterocycles. The summed E-state index contributed by atoms with van der Waals surface area (Å²) in [6, 6.07) is -9.58. The number of H-pyrrole nitrogens is 1. The number of unbranched alkanes of at least 4 members (excludes halogenated alkanes) is 1. The Morgan fingerprint density at radius 3 is 1.49 bits per heavy atom. The minimum Gasteiger partial charge on any atom is -0.480 e. The number of benzene rings is 1. The molecular formula is C72H120N22O15S2. The van der Waals surface area contributed by atoms with E-state index in [0.717, 1.165) is 16.5 Å². The van der Waals surface area contributed by atoms with E-state index in [1.165, 1.54) is 9.80 Å². The van der Waals surface area contributed by atoms with E-state index >= 15 is 0 Å². The number of nitrogens with zero attached hydrogens (tertiary/aromatic N) is 4. The number of carboxylic acid groups (broad SMARTS) is 1. The van der Waals surface area contributed by atoms with Crippen molar-refractivity contribution in [1.82, 2.24) is 68.0 Å². The van der Waals surface area contributed by atoms with Crippen LogP contribution in [0, 0.1) is 23.7 Å². The van der Waals surface area contributed by atoms with Crippen LogP contribution in [0.2, 0.25) is 0 Å². The lowest BCUT2D eigenvalue weighted by molar-refractivity contribution is -0.144.